The Morgan fingerprint density at radius 1 is 0.606 bits per heavy atom. The van der Waals surface area contributed by atoms with Gasteiger partial charge >= 0.3 is 0 Å². The number of unbranched alkanes of at least 4 members (excludes halogenated alkanes) is 1. The topological polar surface area (TPSA) is 20.6 Å². The molecule has 0 aliphatic carbocycles. The number of rotatable bonds is 8. The van der Waals surface area contributed by atoms with Crippen molar-refractivity contribution >= 4 is 21.8 Å². The van der Waals surface area contributed by atoms with Crippen LogP contribution in [0.4, 0.5) is 0 Å². The third-order valence-corrected chi connectivity index (χ3v) is 6.43. The molecule has 0 atom stereocenters. The van der Waals surface area contributed by atoms with Gasteiger partial charge in [0.2, 0.25) is 0 Å². The predicted molar refractivity (Wildman–Crippen MR) is 135 cm³/mol. The van der Waals surface area contributed by atoms with Gasteiger partial charge in [-0.1, -0.05) is 49.7 Å². The Balaban J connectivity index is 1.28. The molecule has 0 spiro atoms. The third-order valence-electron chi connectivity index (χ3n) is 6.43. The minimum Gasteiger partial charge on any atom is -0.248 e. The summed E-state index contributed by atoms with van der Waals surface area (Å²) in [5.74, 6) is 0. The summed E-state index contributed by atoms with van der Waals surface area (Å²) >= 11 is 0. The van der Waals surface area contributed by atoms with Gasteiger partial charge in [0.25, 0.3) is 0 Å². The van der Waals surface area contributed by atoms with Crippen LogP contribution in [0, 0.1) is 0 Å². The lowest BCUT2D eigenvalue weighted by molar-refractivity contribution is -0.697. The van der Waals surface area contributed by atoms with Crippen molar-refractivity contribution in [2.45, 2.75) is 45.7 Å². The molecule has 2 aromatic carbocycles. The van der Waals surface area contributed by atoms with E-state index in [9.17, 15) is 0 Å². The summed E-state index contributed by atoms with van der Waals surface area (Å²) in [5.41, 5.74) is 6.11. The Labute approximate surface area is 196 Å². The van der Waals surface area contributed by atoms with Gasteiger partial charge < -0.3 is 0 Å². The van der Waals surface area contributed by atoms with E-state index in [-0.39, 0.29) is 0 Å². The van der Waals surface area contributed by atoms with Gasteiger partial charge in [0.15, 0.2) is 24.8 Å². The van der Waals surface area contributed by atoms with Crippen LogP contribution in [0.5, 0.6) is 0 Å². The average molecular weight is 434 g/mol. The lowest BCUT2D eigenvalue weighted by Crippen LogP contribution is -2.33. The van der Waals surface area contributed by atoms with Gasteiger partial charge in [-0.15, -0.1) is 0 Å². The zero-order valence-corrected chi connectivity index (χ0v) is 19.3. The molecule has 0 aliphatic heterocycles. The maximum absolute atomic E-state index is 4.86. The second-order valence-corrected chi connectivity index (χ2v) is 8.73. The number of nitrogens with zero attached hydrogens (tertiary/aromatic N) is 3. The summed E-state index contributed by atoms with van der Waals surface area (Å²) in [5, 5.41) is 2.55. The summed E-state index contributed by atoms with van der Waals surface area (Å²) in [7, 11) is 0. The highest BCUT2D eigenvalue weighted by Gasteiger charge is 2.10. The van der Waals surface area contributed by atoms with Crippen LogP contribution in [0.15, 0.2) is 97.6 Å². The van der Waals surface area contributed by atoms with Crippen LogP contribution in [-0.2, 0) is 19.5 Å². The predicted octanol–water partition coefficient (Wildman–Crippen LogP) is 6.06. The van der Waals surface area contributed by atoms with E-state index in [0.717, 1.165) is 37.0 Å². The van der Waals surface area contributed by atoms with Crippen molar-refractivity contribution in [1.29, 1.82) is 0 Å². The van der Waals surface area contributed by atoms with Crippen LogP contribution < -0.4 is 9.13 Å². The minimum atomic E-state index is 0.997. The maximum Gasteiger partial charge on any atom is 0.169 e. The van der Waals surface area contributed by atoms with Gasteiger partial charge in [-0.05, 0) is 35.2 Å². The average Bonchev–Trinajstić information content (AvgIpc) is 2.88. The normalized spacial score (nSPS) is 11.3. The first-order valence-electron chi connectivity index (χ1n) is 12.1. The number of hydrogen-bond donors (Lipinski definition) is 0. The van der Waals surface area contributed by atoms with Gasteiger partial charge in [0.05, 0.1) is 11.0 Å². The van der Waals surface area contributed by atoms with Crippen LogP contribution in [0.3, 0.4) is 0 Å². The van der Waals surface area contributed by atoms with Gasteiger partial charge in [0, 0.05) is 47.9 Å². The van der Waals surface area contributed by atoms with Crippen molar-refractivity contribution in [2.75, 3.05) is 0 Å². The quantitative estimate of drug-likeness (QED) is 0.215. The Morgan fingerprint density at radius 2 is 1.09 bits per heavy atom. The highest BCUT2D eigenvalue weighted by molar-refractivity contribution is 5.97. The fourth-order valence-corrected chi connectivity index (χ4v) is 4.57. The number of hydrogen-bond acceptors (Lipinski definition) is 1. The molecule has 0 aliphatic rings. The summed E-state index contributed by atoms with van der Waals surface area (Å²) in [6.45, 7) is 4.32. The van der Waals surface area contributed by atoms with Crippen LogP contribution in [0.25, 0.3) is 32.9 Å². The molecule has 3 heteroatoms. The van der Waals surface area contributed by atoms with Gasteiger partial charge in [-0.2, -0.15) is 0 Å². The number of pyridine rings is 3. The molecule has 5 rings (SSSR count). The highest BCUT2D eigenvalue weighted by atomic mass is 14.9. The van der Waals surface area contributed by atoms with Crippen molar-refractivity contribution < 1.29 is 9.13 Å². The van der Waals surface area contributed by atoms with E-state index in [0.29, 0.717) is 0 Å². The number of para-hydroxylation sites is 2. The highest BCUT2D eigenvalue weighted by Crippen LogP contribution is 2.27. The van der Waals surface area contributed by atoms with Crippen molar-refractivity contribution in [3.63, 3.8) is 0 Å². The van der Waals surface area contributed by atoms with Crippen molar-refractivity contribution in [1.82, 2.24) is 4.98 Å². The Kier molecular flexibility index (Phi) is 6.39. The molecular weight excluding hydrogens is 402 g/mol. The summed E-state index contributed by atoms with van der Waals surface area (Å²) in [6, 6.07) is 25.9. The van der Waals surface area contributed by atoms with Crippen LogP contribution in [-0.4, -0.2) is 4.98 Å². The monoisotopic (exact) mass is 433 g/mol. The smallest absolute Gasteiger partial charge is 0.169 e. The standard InChI is InChI=1S/C30H31N3/c1-2-3-18-32-20-14-24(15-21-32)25-16-22-33(23-17-25)19-8-11-26-27-9-4-6-12-29(27)31-30-13-7-5-10-28(26)30/h4-7,9-10,12-17,20-23H,2-3,8,11,18-19H2,1H3/q+2. The maximum atomic E-state index is 4.86. The lowest BCUT2D eigenvalue weighted by Gasteiger charge is -2.10. The first-order chi connectivity index (χ1) is 16.3. The Morgan fingerprint density at radius 3 is 1.61 bits per heavy atom. The molecular formula is C30H31N3+2. The molecule has 0 N–H and O–H groups in total. The summed E-state index contributed by atoms with van der Waals surface area (Å²) < 4.78 is 4.56. The molecule has 3 nitrogen and oxygen atoms in total. The molecule has 5 aromatic rings. The molecule has 33 heavy (non-hydrogen) atoms. The van der Waals surface area contributed by atoms with E-state index >= 15 is 0 Å². The van der Waals surface area contributed by atoms with E-state index in [4.69, 9.17) is 4.98 Å². The van der Waals surface area contributed by atoms with E-state index < -0.39 is 0 Å². The number of fused-ring (bicyclic) bond motifs is 2. The molecule has 0 unspecified atom stereocenters. The van der Waals surface area contributed by atoms with Crippen molar-refractivity contribution in [3.8, 4) is 11.1 Å². The summed E-state index contributed by atoms with van der Waals surface area (Å²) in [6.07, 6.45) is 13.4. The molecule has 164 valence electrons. The largest absolute Gasteiger partial charge is 0.248 e. The van der Waals surface area contributed by atoms with Crippen molar-refractivity contribution in [2.24, 2.45) is 0 Å². The van der Waals surface area contributed by atoms with Gasteiger partial charge in [0.1, 0.15) is 13.1 Å². The van der Waals surface area contributed by atoms with Crippen LogP contribution >= 0.6 is 0 Å². The molecule has 3 heterocycles. The number of aromatic nitrogens is 3. The SMILES string of the molecule is CCCC[n+]1ccc(-c2cc[n+](CCCc3c4ccccc4nc4ccccc34)cc2)cc1. The number of benzene rings is 2. The molecule has 0 saturated heterocycles. The van der Waals surface area contributed by atoms with Gasteiger partial charge in [-0.3, -0.25) is 0 Å². The minimum absolute atomic E-state index is 0.997. The molecule has 0 bridgehead atoms. The van der Waals surface area contributed by atoms with E-state index in [1.807, 2.05) is 0 Å². The molecule has 0 amide bonds. The first kappa shape index (κ1) is 21.3. The molecule has 3 aromatic heterocycles. The zero-order chi connectivity index (χ0) is 22.5. The lowest BCUT2D eigenvalue weighted by atomic mass is 9.99. The second-order valence-electron chi connectivity index (χ2n) is 8.73. The molecule has 0 saturated carbocycles. The van der Waals surface area contributed by atoms with Gasteiger partial charge in [-0.25, -0.2) is 14.1 Å². The van der Waals surface area contributed by atoms with Crippen molar-refractivity contribution in [3.05, 3.63) is 103 Å². The van der Waals surface area contributed by atoms with E-state index in [2.05, 4.69) is 114 Å². The molecule has 0 radical (unpaired) electrons. The van der Waals surface area contributed by atoms with Crippen LogP contribution in [0.2, 0.25) is 0 Å². The zero-order valence-electron chi connectivity index (χ0n) is 19.3. The number of aryl methyl sites for hydroxylation is 3. The fraction of sp³-hybridized carbons (Fsp3) is 0.233. The molecule has 0 fully saturated rings. The third kappa shape index (κ3) is 4.78. The summed E-state index contributed by atoms with van der Waals surface area (Å²) in [4.78, 5) is 4.86. The first-order valence-corrected chi connectivity index (χ1v) is 12.1. The van der Waals surface area contributed by atoms with E-state index in [1.165, 1.54) is 40.3 Å². The van der Waals surface area contributed by atoms with Crippen LogP contribution in [0.1, 0.15) is 31.7 Å². The fourth-order valence-electron chi connectivity index (χ4n) is 4.57. The Bertz CT molecular complexity index is 1300. The van der Waals surface area contributed by atoms with E-state index in [1.54, 1.807) is 0 Å². The Hall–Kier alpha value is -3.59. The second kappa shape index (κ2) is 9.91.